The lowest BCUT2D eigenvalue weighted by Gasteiger charge is -2.17. The molecule has 1 aromatic heterocycles. The lowest BCUT2D eigenvalue weighted by atomic mass is 10.0. The van der Waals surface area contributed by atoms with E-state index in [2.05, 4.69) is 10.3 Å². The quantitative estimate of drug-likeness (QED) is 0.731. The number of methoxy groups -OCH3 is 1. The molecule has 0 saturated carbocycles. The lowest BCUT2D eigenvalue weighted by molar-refractivity contribution is -0.120. The summed E-state index contributed by atoms with van der Waals surface area (Å²) in [5.74, 6) is 0.132. The van der Waals surface area contributed by atoms with E-state index in [4.69, 9.17) is 10.5 Å². The van der Waals surface area contributed by atoms with Crippen LogP contribution in [0.3, 0.4) is 0 Å². The second-order valence-corrected chi connectivity index (χ2v) is 5.47. The van der Waals surface area contributed by atoms with Crippen LogP contribution in [0.25, 0.3) is 10.9 Å². The molecule has 0 aliphatic heterocycles. The first-order chi connectivity index (χ1) is 11.7. The second-order valence-electron chi connectivity index (χ2n) is 5.47. The monoisotopic (exact) mass is 321 g/mol. The van der Waals surface area contributed by atoms with Crippen molar-refractivity contribution in [2.24, 2.45) is 5.73 Å². The molecule has 5 heteroatoms. The molecule has 1 atom stereocenters. The predicted octanol–water partition coefficient (Wildman–Crippen LogP) is 2.56. The summed E-state index contributed by atoms with van der Waals surface area (Å²) in [6.07, 6.45) is 0. The Bertz CT molecular complexity index is 850. The van der Waals surface area contributed by atoms with Gasteiger partial charge in [0.2, 0.25) is 11.8 Å². The van der Waals surface area contributed by atoms with Crippen LogP contribution in [0.15, 0.2) is 60.7 Å². The van der Waals surface area contributed by atoms with Crippen LogP contribution < -0.4 is 15.8 Å². The third-order valence-corrected chi connectivity index (χ3v) is 3.90. The highest BCUT2D eigenvalue weighted by atomic mass is 16.5. The number of fused-ring (bicyclic) bond motifs is 1. The molecule has 3 aromatic rings. The molecule has 0 aliphatic carbocycles. The molecule has 1 heterocycles. The molecule has 0 radical (unpaired) electrons. The minimum atomic E-state index is -0.552. The SMILES string of the molecule is COc1cc(CNC(C(N)=O)c2ccccc2)c2ccccc2n1. The summed E-state index contributed by atoms with van der Waals surface area (Å²) in [4.78, 5) is 16.3. The fourth-order valence-corrected chi connectivity index (χ4v) is 2.71. The highest BCUT2D eigenvalue weighted by molar-refractivity contribution is 5.83. The molecular formula is C19H19N3O2. The van der Waals surface area contributed by atoms with Gasteiger partial charge in [0.25, 0.3) is 0 Å². The van der Waals surface area contributed by atoms with Crippen molar-refractivity contribution in [1.82, 2.24) is 10.3 Å². The van der Waals surface area contributed by atoms with E-state index in [1.807, 2.05) is 60.7 Å². The maximum Gasteiger partial charge on any atom is 0.239 e. The van der Waals surface area contributed by atoms with Crippen LogP contribution in [-0.2, 0) is 11.3 Å². The molecule has 0 fully saturated rings. The third kappa shape index (κ3) is 3.36. The van der Waals surface area contributed by atoms with E-state index in [-0.39, 0.29) is 0 Å². The van der Waals surface area contributed by atoms with E-state index in [9.17, 15) is 4.79 Å². The number of carbonyl (C=O) groups is 1. The second kappa shape index (κ2) is 7.10. The number of nitrogens with one attached hydrogen (secondary N) is 1. The minimum Gasteiger partial charge on any atom is -0.481 e. The Labute approximate surface area is 140 Å². The average Bonchev–Trinajstić information content (AvgIpc) is 2.62. The number of nitrogens with zero attached hydrogens (tertiary/aromatic N) is 1. The van der Waals surface area contributed by atoms with Crippen LogP contribution in [0.4, 0.5) is 0 Å². The van der Waals surface area contributed by atoms with Crippen LogP contribution >= 0.6 is 0 Å². The van der Waals surface area contributed by atoms with Crippen molar-refractivity contribution in [3.05, 3.63) is 71.8 Å². The van der Waals surface area contributed by atoms with Gasteiger partial charge in [-0.1, -0.05) is 48.5 Å². The van der Waals surface area contributed by atoms with Gasteiger partial charge in [-0.15, -0.1) is 0 Å². The van der Waals surface area contributed by atoms with Gasteiger partial charge in [-0.2, -0.15) is 0 Å². The third-order valence-electron chi connectivity index (χ3n) is 3.90. The van der Waals surface area contributed by atoms with Gasteiger partial charge in [0.1, 0.15) is 6.04 Å². The summed E-state index contributed by atoms with van der Waals surface area (Å²) in [6, 6.07) is 18.6. The Morgan fingerprint density at radius 1 is 1.17 bits per heavy atom. The van der Waals surface area contributed by atoms with Gasteiger partial charge in [-0.3, -0.25) is 10.1 Å². The Hall–Kier alpha value is -2.92. The number of nitrogens with two attached hydrogens (primary N) is 1. The fraction of sp³-hybridized carbons (Fsp3) is 0.158. The van der Waals surface area contributed by atoms with Crippen LogP contribution in [0.1, 0.15) is 17.2 Å². The Morgan fingerprint density at radius 2 is 1.88 bits per heavy atom. The topological polar surface area (TPSA) is 77.2 Å². The first-order valence-corrected chi connectivity index (χ1v) is 7.69. The molecule has 1 amide bonds. The number of para-hydroxylation sites is 1. The van der Waals surface area contributed by atoms with Crippen molar-refractivity contribution in [2.75, 3.05) is 7.11 Å². The molecule has 0 saturated heterocycles. The number of rotatable bonds is 6. The highest BCUT2D eigenvalue weighted by Crippen LogP contribution is 2.23. The number of primary amides is 1. The van der Waals surface area contributed by atoms with Crippen LogP contribution in [0.2, 0.25) is 0 Å². The van der Waals surface area contributed by atoms with Crippen LogP contribution in [-0.4, -0.2) is 18.0 Å². The zero-order chi connectivity index (χ0) is 16.9. The molecule has 5 nitrogen and oxygen atoms in total. The van der Waals surface area contributed by atoms with Gasteiger partial charge in [-0.25, -0.2) is 4.98 Å². The van der Waals surface area contributed by atoms with Crippen LogP contribution in [0, 0.1) is 0 Å². The van der Waals surface area contributed by atoms with Crippen molar-refractivity contribution in [1.29, 1.82) is 0 Å². The van der Waals surface area contributed by atoms with Crippen molar-refractivity contribution < 1.29 is 9.53 Å². The Balaban J connectivity index is 1.90. The number of benzene rings is 2. The molecular weight excluding hydrogens is 302 g/mol. The molecule has 0 spiro atoms. The molecule has 3 N–H and O–H groups in total. The van der Waals surface area contributed by atoms with Gasteiger partial charge in [0, 0.05) is 18.0 Å². The number of hydrogen-bond donors (Lipinski definition) is 2. The van der Waals surface area contributed by atoms with E-state index in [1.54, 1.807) is 7.11 Å². The molecule has 1 unspecified atom stereocenters. The van der Waals surface area contributed by atoms with E-state index < -0.39 is 11.9 Å². The van der Waals surface area contributed by atoms with Crippen molar-refractivity contribution in [2.45, 2.75) is 12.6 Å². The summed E-state index contributed by atoms with van der Waals surface area (Å²) in [5.41, 5.74) is 8.26. The number of pyridine rings is 1. The van der Waals surface area contributed by atoms with Crippen molar-refractivity contribution >= 4 is 16.8 Å². The summed E-state index contributed by atoms with van der Waals surface area (Å²) < 4.78 is 5.27. The number of carbonyl (C=O) groups excluding carboxylic acids is 1. The average molecular weight is 321 g/mol. The standard InChI is InChI=1S/C19H19N3O2/c1-24-17-11-14(15-9-5-6-10-16(15)22-17)12-21-18(19(20)23)13-7-3-2-4-8-13/h2-11,18,21H,12H2,1H3,(H2,20,23). The fourth-order valence-electron chi connectivity index (χ4n) is 2.71. The zero-order valence-electron chi connectivity index (χ0n) is 13.4. The minimum absolute atomic E-state index is 0.411. The number of amides is 1. The largest absolute Gasteiger partial charge is 0.481 e. The van der Waals surface area contributed by atoms with Gasteiger partial charge < -0.3 is 10.5 Å². The molecule has 3 rings (SSSR count). The number of hydrogen-bond acceptors (Lipinski definition) is 4. The maximum atomic E-state index is 11.8. The lowest BCUT2D eigenvalue weighted by Crippen LogP contribution is -2.33. The smallest absolute Gasteiger partial charge is 0.239 e. The van der Waals surface area contributed by atoms with Gasteiger partial charge in [0.15, 0.2) is 0 Å². The van der Waals surface area contributed by atoms with Gasteiger partial charge in [-0.05, 0) is 17.2 Å². The van der Waals surface area contributed by atoms with E-state index in [0.29, 0.717) is 12.4 Å². The first kappa shape index (κ1) is 16.0. The Kier molecular flexibility index (Phi) is 4.72. The van der Waals surface area contributed by atoms with E-state index in [1.165, 1.54) is 0 Å². The van der Waals surface area contributed by atoms with Crippen molar-refractivity contribution in [3.8, 4) is 5.88 Å². The predicted molar refractivity (Wildman–Crippen MR) is 93.5 cm³/mol. The van der Waals surface area contributed by atoms with Gasteiger partial charge >= 0.3 is 0 Å². The molecule has 0 bridgehead atoms. The summed E-state index contributed by atoms with van der Waals surface area (Å²) in [5, 5.41) is 4.25. The van der Waals surface area contributed by atoms with E-state index in [0.717, 1.165) is 22.0 Å². The number of ether oxygens (including phenoxy) is 1. The molecule has 122 valence electrons. The van der Waals surface area contributed by atoms with Crippen LogP contribution in [0.5, 0.6) is 5.88 Å². The zero-order valence-corrected chi connectivity index (χ0v) is 13.4. The van der Waals surface area contributed by atoms with Crippen molar-refractivity contribution in [3.63, 3.8) is 0 Å². The highest BCUT2D eigenvalue weighted by Gasteiger charge is 2.17. The maximum absolute atomic E-state index is 11.8. The summed E-state index contributed by atoms with van der Waals surface area (Å²) in [7, 11) is 1.59. The Morgan fingerprint density at radius 3 is 2.58 bits per heavy atom. The summed E-state index contributed by atoms with van der Waals surface area (Å²) in [6.45, 7) is 0.474. The molecule has 24 heavy (non-hydrogen) atoms. The first-order valence-electron chi connectivity index (χ1n) is 7.69. The number of aromatic nitrogens is 1. The molecule has 0 aliphatic rings. The normalized spacial score (nSPS) is 12.0. The van der Waals surface area contributed by atoms with E-state index >= 15 is 0 Å². The van der Waals surface area contributed by atoms with Gasteiger partial charge in [0.05, 0.1) is 12.6 Å². The molecule has 2 aromatic carbocycles. The summed E-state index contributed by atoms with van der Waals surface area (Å²) >= 11 is 0.